The summed E-state index contributed by atoms with van der Waals surface area (Å²) >= 11 is 0. The van der Waals surface area contributed by atoms with Crippen molar-refractivity contribution in [2.75, 3.05) is 0 Å². The van der Waals surface area contributed by atoms with Crippen molar-refractivity contribution >= 4 is 0 Å². The summed E-state index contributed by atoms with van der Waals surface area (Å²) in [6.07, 6.45) is 5.84. The van der Waals surface area contributed by atoms with Crippen LogP contribution >= 0.6 is 0 Å². The predicted molar refractivity (Wildman–Crippen MR) is 45.8 cm³/mol. The standard InChI is InChI=1S/C5H8N2.HNO3.NO3/c1-2-7-4-3-6-5-7;2*2-1(3)4/h3-5H,2H2,1H3;(H,2,3,4);/q;;-1/p+1. The van der Waals surface area contributed by atoms with Crippen LogP contribution in [0.3, 0.4) is 0 Å². The number of aromatic nitrogens is 2. The molecule has 0 spiro atoms. The Hall–Kier alpha value is -2.39. The van der Waals surface area contributed by atoms with E-state index < -0.39 is 10.2 Å². The molecule has 10 heteroatoms. The maximum absolute atomic E-state index is 8.36. The van der Waals surface area contributed by atoms with E-state index in [0.29, 0.717) is 0 Å². The van der Waals surface area contributed by atoms with Crippen molar-refractivity contribution in [2.24, 2.45) is 0 Å². The number of H-pyrrole nitrogens is 1. The molecule has 86 valence electrons. The Balaban J connectivity index is 0. The van der Waals surface area contributed by atoms with Crippen LogP contribution in [0.15, 0.2) is 18.7 Å². The van der Waals surface area contributed by atoms with Crippen LogP contribution in [0.25, 0.3) is 0 Å². The molecule has 0 unspecified atom stereocenters. The zero-order chi connectivity index (χ0) is 12.3. The molecule has 10 nitrogen and oxygen atoms in total. The van der Waals surface area contributed by atoms with Gasteiger partial charge in [-0.2, -0.15) is 0 Å². The van der Waals surface area contributed by atoms with Crippen LogP contribution in [0.2, 0.25) is 0 Å². The highest BCUT2D eigenvalue weighted by Crippen LogP contribution is 1.65. The topological polar surface area (TPSA) is 149 Å². The average molecular weight is 222 g/mol. The fourth-order valence-corrected chi connectivity index (χ4v) is 0.517. The number of hydrogen-bond acceptors (Lipinski definition) is 5. The lowest BCUT2D eigenvalue weighted by Crippen LogP contribution is -2.27. The number of nitrogens with zero attached hydrogens (tertiary/aromatic N) is 3. The molecule has 1 aromatic rings. The van der Waals surface area contributed by atoms with Crippen molar-refractivity contribution in [2.45, 2.75) is 13.5 Å². The van der Waals surface area contributed by atoms with E-state index >= 15 is 0 Å². The molecule has 0 fully saturated rings. The molecular formula is C5H10N4O6. The Bertz CT molecular complexity index is 253. The molecule has 1 heterocycles. The van der Waals surface area contributed by atoms with Gasteiger partial charge in [0.2, 0.25) is 6.33 Å². The van der Waals surface area contributed by atoms with Crippen LogP contribution in [-0.4, -0.2) is 20.4 Å². The van der Waals surface area contributed by atoms with Crippen LogP contribution in [0.1, 0.15) is 6.92 Å². The van der Waals surface area contributed by atoms with Gasteiger partial charge in [0.25, 0.3) is 5.09 Å². The molecule has 0 aliphatic heterocycles. The van der Waals surface area contributed by atoms with E-state index in [-0.39, 0.29) is 0 Å². The van der Waals surface area contributed by atoms with E-state index in [0.717, 1.165) is 6.54 Å². The SMILES string of the molecule is CC[n+]1cc[nH]c1.O=[N+]([O-])O.O=[N+]([O-])[O-]. The first-order valence-corrected chi connectivity index (χ1v) is 3.56. The Kier molecular flexibility index (Phi) is 9.76. The van der Waals surface area contributed by atoms with Gasteiger partial charge in [-0.3, -0.25) is 4.98 Å². The van der Waals surface area contributed by atoms with Gasteiger partial charge in [-0.05, 0) is 6.92 Å². The first-order chi connectivity index (χ1) is 6.90. The highest BCUT2D eigenvalue weighted by atomic mass is 16.9. The number of rotatable bonds is 1. The van der Waals surface area contributed by atoms with Crippen LogP contribution in [-0.2, 0) is 6.54 Å². The van der Waals surface area contributed by atoms with Gasteiger partial charge in [0.1, 0.15) is 12.4 Å². The first kappa shape index (κ1) is 15.1. The molecule has 0 aromatic carbocycles. The Morgan fingerprint density at radius 3 is 1.93 bits per heavy atom. The minimum absolute atomic E-state index is 1.05. The molecule has 0 atom stereocenters. The Morgan fingerprint density at radius 1 is 1.40 bits per heavy atom. The van der Waals surface area contributed by atoms with Gasteiger partial charge in [-0.15, -0.1) is 10.1 Å². The third-order valence-corrected chi connectivity index (χ3v) is 0.968. The molecule has 2 N–H and O–H groups in total. The molecule has 0 radical (unpaired) electrons. The van der Waals surface area contributed by atoms with Crippen molar-refractivity contribution in [3.63, 3.8) is 0 Å². The van der Waals surface area contributed by atoms with E-state index in [2.05, 4.69) is 16.5 Å². The molecule has 15 heavy (non-hydrogen) atoms. The quantitative estimate of drug-likeness (QED) is 0.379. The second-order valence-electron chi connectivity index (χ2n) is 1.90. The molecule has 0 saturated heterocycles. The fourth-order valence-electron chi connectivity index (χ4n) is 0.517. The number of nitrogens with one attached hydrogen (secondary N) is 1. The van der Waals surface area contributed by atoms with Gasteiger partial charge in [-0.25, -0.2) is 4.57 Å². The van der Waals surface area contributed by atoms with Gasteiger partial charge in [0, 0.05) is 0 Å². The average Bonchev–Trinajstić information content (AvgIpc) is 2.52. The summed E-state index contributed by atoms with van der Waals surface area (Å²) in [7, 11) is 0. The van der Waals surface area contributed by atoms with Crippen molar-refractivity contribution in [3.8, 4) is 0 Å². The van der Waals surface area contributed by atoms with Crippen molar-refractivity contribution in [1.29, 1.82) is 0 Å². The molecule has 1 aromatic heterocycles. The van der Waals surface area contributed by atoms with Crippen LogP contribution < -0.4 is 4.57 Å². The van der Waals surface area contributed by atoms with Gasteiger partial charge in [0.05, 0.1) is 11.6 Å². The summed E-state index contributed by atoms with van der Waals surface area (Å²) < 4.78 is 2.07. The lowest BCUT2D eigenvalue weighted by Gasteiger charge is -1.79. The lowest BCUT2D eigenvalue weighted by molar-refractivity contribution is -0.742. The molecule has 0 amide bonds. The maximum atomic E-state index is 8.36. The number of aromatic amines is 1. The zero-order valence-corrected chi connectivity index (χ0v) is 7.77. The predicted octanol–water partition coefficient (Wildman–Crippen LogP) is -0.265. The largest absolute Gasteiger partial charge is 0.356 e. The highest BCUT2D eigenvalue weighted by Gasteiger charge is 1.85. The molecule has 0 saturated carbocycles. The number of hydrogen-bond donors (Lipinski definition) is 2. The van der Waals surface area contributed by atoms with Crippen LogP contribution in [0.4, 0.5) is 0 Å². The first-order valence-electron chi connectivity index (χ1n) is 3.56. The fraction of sp³-hybridized carbons (Fsp3) is 0.400. The van der Waals surface area contributed by atoms with E-state index in [1.165, 1.54) is 0 Å². The van der Waals surface area contributed by atoms with Gasteiger partial charge < -0.3 is 20.5 Å². The van der Waals surface area contributed by atoms with E-state index in [1.54, 1.807) is 0 Å². The second-order valence-corrected chi connectivity index (χ2v) is 1.90. The van der Waals surface area contributed by atoms with E-state index in [4.69, 9.17) is 30.6 Å². The summed E-state index contributed by atoms with van der Waals surface area (Å²) in [5.74, 6) is 0. The van der Waals surface area contributed by atoms with Gasteiger partial charge in [0.15, 0.2) is 0 Å². The third-order valence-electron chi connectivity index (χ3n) is 0.968. The minimum Gasteiger partial charge on any atom is -0.356 e. The van der Waals surface area contributed by atoms with Crippen molar-refractivity contribution < 1.29 is 19.9 Å². The van der Waals surface area contributed by atoms with E-state index in [1.807, 2.05) is 18.7 Å². The molecule has 0 aliphatic rings. The zero-order valence-electron chi connectivity index (χ0n) is 7.77. The smallest absolute Gasteiger partial charge is 0.291 e. The maximum Gasteiger partial charge on any atom is 0.291 e. The van der Waals surface area contributed by atoms with Crippen molar-refractivity contribution in [3.05, 3.63) is 44.2 Å². The minimum atomic E-state index is -1.75. The van der Waals surface area contributed by atoms with E-state index in [9.17, 15) is 0 Å². The molecule has 1 rings (SSSR count). The van der Waals surface area contributed by atoms with Gasteiger partial charge >= 0.3 is 0 Å². The third kappa shape index (κ3) is 24.5. The molecule has 0 bridgehead atoms. The van der Waals surface area contributed by atoms with Crippen LogP contribution in [0, 0.1) is 25.4 Å². The monoisotopic (exact) mass is 222 g/mol. The van der Waals surface area contributed by atoms with Gasteiger partial charge in [-0.1, -0.05) is 0 Å². The Labute approximate surface area is 83.6 Å². The number of imidazole rings is 1. The summed E-state index contributed by atoms with van der Waals surface area (Å²) in [6, 6.07) is 0. The highest BCUT2D eigenvalue weighted by molar-refractivity contribution is 4.54. The second kappa shape index (κ2) is 9.70. The normalized spacial score (nSPS) is 7.53. The summed E-state index contributed by atoms with van der Waals surface area (Å²) in [5.41, 5.74) is 0. The lowest BCUT2D eigenvalue weighted by atomic mass is 10.7. The molecule has 0 aliphatic carbocycles. The van der Waals surface area contributed by atoms with Crippen LogP contribution in [0.5, 0.6) is 0 Å². The summed E-state index contributed by atoms with van der Waals surface area (Å²) in [6.45, 7) is 3.15. The summed E-state index contributed by atoms with van der Waals surface area (Å²) in [4.78, 5) is 19.6. The Morgan fingerprint density at radius 2 is 1.80 bits per heavy atom. The molecular weight excluding hydrogens is 212 g/mol. The summed E-state index contributed by atoms with van der Waals surface area (Å²) in [5, 5.41) is 28.4. The number of aryl methyl sites for hydroxylation is 1. The van der Waals surface area contributed by atoms with Crippen molar-refractivity contribution in [1.82, 2.24) is 4.98 Å².